The molecule has 1 amide bonds. The molecule has 0 aliphatic heterocycles. The van der Waals surface area contributed by atoms with Crippen molar-refractivity contribution in [3.05, 3.63) is 28.8 Å². The van der Waals surface area contributed by atoms with Gasteiger partial charge in [0.1, 0.15) is 12.4 Å². The fraction of sp³-hybridized carbons (Fsp3) is 0.400. The van der Waals surface area contributed by atoms with Crippen LogP contribution in [0.2, 0.25) is 0 Å². The summed E-state index contributed by atoms with van der Waals surface area (Å²) in [5.41, 5.74) is 0.648. The molecular weight excluding hydrogens is 307 g/mol. The van der Waals surface area contributed by atoms with E-state index in [-0.39, 0.29) is 30.8 Å². The monoisotopic (exact) mass is 324 g/mol. The van der Waals surface area contributed by atoms with Gasteiger partial charge in [0, 0.05) is 5.92 Å². The molecule has 7 heteroatoms. The molecule has 0 saturated carbocycles. The average molecular weight is 324 g/mol. The zero-order chi connectivity index (χ0) is 16.3. The van der Waals surface area contributed by atoms with Crippen molar-refractivity contribution in [1.82, 2.24) is 4.57 Å². The molecule has 0 aliphatic carbocycles. The number of carbonyl (C=O) groups excluding carboxylic acids is 2. The van der Waals surface area contributed by atoms with Crippen LogP contribution in [0, 0.1) is 11.7 Å². The third-order valence-corrected chi connectivity index (χ3v) is 3.98. The first-order valence-electron chi connectivity index (χ1n) is 6.95. The maximum absolute atomic E-state index is 13.4. The Balaban J connectivity index is 2.58. The van der Waals surface area contributed by atoms with Gasteiger partial charge in [0.05, 0.1) is 16.8 Å². The second-order valence-corrected chi connectivity index (χ2v) is 6.00. The molecule has 0 unspecified atom stereocenters. The Hall–Kier alpha value is -2.02. The van der Waals surface area contributed by atoms with E-state index >= 15 is 0 Å². The molecule has 0 saturated heterocycles. The van der Waals surface area contributed by atoms with Crippen molar-refractivity contribution in [3.8, 4) is 0 Å². The second-order valence-electron chi connectivity index (χ2n) is 4.99. The Morgan fingerprint density at radius 2 is 2.14 bits per heavy atom. The molecular formula is C15H17FN2O3S. The predicted molar refractivity (Wildman–Crippen MR) is 81.8 cm³/mol. The molecule has 0 fully saturated rings. The summed E-state index contributed by atoms with van der Waals surface area (Å²) in [6.45, 7) is 5.41. The number of rotatable bonds is 4. The van der Waals surface area contributed by atoms with Gasteiger partial charge in [-0.2, -0.15) is 4.99 Å². The SMILES string of the molecule is CCOC(=O)Cn1c(=NC(=O)C(C)C)sc2cc(F)ccc21. The van der Waals surface area contributed by atoms with Crippen molar-refractivity contribution in [2.75, 3.05) is 6.61 Å². The quantitative estimate of drug-likeness (QED) is 0.812. The topological polar surface area (TPSA) is 60.7 Å². The Morgan fingerprint density at radius 3 is 2.77 bits per heavy atom. The van der Waals surface area contributed by atoms with Crippen LogP contribution in [0.3, 0.4) is 0 Å². The Bertz CT molecular complexity index is 777. The molecule has 1 heterocycles. The van der Waals surface area contributed by atoms with Gasteiger partial charge in [0.15, 0.2) is 4.80 Å². The number of hydrogen-bond acceptors (Lipinski definition) is 4. The minimum absolute atomic E-state index is 0.0658. The van der Waals surface area contributed by atoms with E-state index in [0.29, 0.717) is 15.0 Å². The van der Waals surface area contributed by atoms with E-state index in [1.807, 2.05) is 0 Å². The van der Waals surface area contributed by atoms with E-state index in [0.717, 1.165) is 0 Å². The van der Waals surface area contributed by atoms with Crippen molar-refractivity contribution >= 4 is 33.4 Å². The third-order valence-electron chi connectivity index (χ3n) is 2.94. The summed E-state index contributed by atoms with van der Waals surface area (Å²) in [5, 5.41) is 0. The Kier molecular flexibility index (Phi) is 5.07. The van der Waals surface area contributed by atoms with Gasteiger partial charge < -0.3 is 9.30 Å². The van der Waals surface area contributed by atoms with Crippen molar-refractivity contribution < 1.29 is 18.7 Å². The summed E-state index contributed by atoms with van der Waals surface area (Å²) in [4.78, 5) is 28.0. The number of aromatic nitrogens is 1. The van der Waals surface area contributed by atoms with Crippen molar-refractivity contribution in [2.45, 2.75) is 27.3 Å². The third kappa shape index (κ3) is 3.59. The molecule has 0 aliphatic rings. The number of benzene rings is 1. The lowest BCUT2D eigenvalue weighted by atomic mass is 10.2. The zero-order valence-corrected chi connectivity index (χ0v) is 13.4. The first kappa shape index (κ1) is 16.4. The molecule has 0 atom stereocenters. The molecule has 118 valence electrons. The van der Waals surface area contributed by atoms with Crippen LogP contribution in [0.25, 0.3) is 10.2 Å². The van der Waals surface area contributed by atoms with Crippen molar-refractivity contribution in [3.63, 3.8) is 0 Å². The van der Waals surface area contributed by atoms with Gasteiger partial charge in [-0.05, 0) is 25.1 Å². The maximum Gasteiger partial charge on any atom is 0.326 e. The molecule has 0 spiro atoms. The van der Waals surface area contributed by atoms with E-state index in [4.69, 9.17) is 4.74 Å². The number of carbonyl (C=O) groups is 2. The number of ether oxygens (including phenoxy) is 1. The summed E-state index contributed by atoms with van der Waals surface area (Å²) >= 11 is 1.17. The molecule has 2 aromatic rings. The fourth-order valence-corrected chi connectivity index (χ4v) is 2.90. The van der Waals surface area contributed by atoms with Gasteiger partial charge in [0.2, 0.25) is 0 Å². The summed E-state index contributed by atoms with van der Waals surface area (Å²) in [5.74, 6) is -1.34. The standard InChI is InChI=1S/C15H17FN2O3S/c1-4-21-13(19)8-18-11-6-5-10(16)7-12(11)22-15(18)17-14(20)9(2)3/h5-7,9H,4,8H2,1-3H3. The van der Waals surface area contributed by atoms with Crippen LogP contribution in [0.4, 0.5) is 4.39 Å². The Morgan fingerprint density at radius 1 is 1.41 bits per heavy atom. The second kappa shape index (κ2) is 6.83. The molecule has 22 heavy (non-hydrogen) atoms. The van der Waals surface area contributed by atoms with Gasteiger partial charge in [-0.25, -0.2) is 4.39 Å². The Labute approximate surface area is 131 Å². The number of thiazole rings is 1. The van der Waals surface area contributed by atoms with E-state index < -0.39 is 5.97 Å². The zero-order valence-electron chi connectivity index (χ0n) is 12.6. The lowest BCUT2D eigenvalue weighted by Crippen LogP contribution is -2.23. The minimum Gasteiger partial charge on any atom is -0.465 e. The summed E-state index contributed by atoms with van der Waals surface area (Å²) < 4.78 is 20.5. The molecule has 0 N–H and O–H groups in total. The van der Waals surface area contributed by atoms with Crippen LogP contribution < -0.4 is 4.80 Å². The van der Waals surface area contributed by atoms with Crippen LogP contribution in [-0.4, -0.2) is 23.1 Å². The van der Waals surface area contributed by atoms with Crippen LogP contribution in [-0.2, 0) is 20.9 Å². The van der Waals surface area contributed by atoms with Crippen LogP contribution in [0.5, 0.6) is 0 Å². The highest BCUT2D eigenvalue weighted by Crippen LogP contribution is 2.19. The molecule has 1 aromatic heterocycles. The van der Waals surface area contributed by atoms with Crippen LogP contribution in [0.15, 0.2) is 23.2 Å². The molecule has 1 aromatic carbocycles. The number of esters is 1. The fourth-order valence-electron chi connectivity index (χ4n) is 1.84. The van der Waals surface area contributed by atoms with E-state index in [1.54, 1.807) is 31.4 Å². The predicted octanol–water partition coefficient (Wildman–Crippen LogP) is 2.49. The van der Waals surface area contributed by atoms with Crippen molar-refractivity contribution in [2.24, 2.45) is 10.9 Å². The highest BCUT2D eigenvalue weighted by Gasteiger charge is 2.13. The van der Waals surface area contributed by atoms with Gasteiger partial charge in [-0.3, -0.25) is 9.59 Å². The number of nitrogens with zero attached hydrogens (tertiary/aromatic N) is 2. The van der Waals surface area contributed by atoms with Crippen LogP contribution >= 0.6 is 11.3 Å². The molecule has 0 bridgehead atoms. The molecule has 0 radical (unpaired) electrons. The minimum atomic E-state index is -0.426. The van der Waals surface area contributed by atoms with Crippen LogP contribution in [0.1, 0.15) is 20.8 Å². The van der Waals surface area contributed by atoms with E-state index in [1.165, 1.54) is 23.5 Å². The first-order valence-corrected chi connectivity index (χ1v) is 7.77. The highest BCUT2D eigenvalue weighted by atomic mass is 32.1. The van der Waals surface area contributed by atoms with Gasteiger partial charge in [-0.1, -0.05) is 25.2 Å². The van der Waals surface area contributed by atoms with E-state index in [9.17, 15) is 14.0 Å². The molecule has 5 nitrogen and oxygen atoms in total. The summed E-state index contributed by atoms with van der Waals surface area (Å²) in [7, 11) is 0. The lowest BCUT2D eigenvalue weighted by Gasteiger charge is -2.05. The number of halogens is 1. The van der Waals surface area contributed by atoms with Crippen molar-refractivity contribution in [1.29, 1.82) is 0 Å². The van der Waals surface area contributed by atoms with E-state index in [2.05, 4.69) is 4.99 Å². The number of hydrogen-bond donors (Lipinski definition) is 0. The summed E-state index contributed by atoms with van der Waals surface area (Å²) in [6, 6.07) is 4.24. The maximum atomic E-state index is 13.4. The number of amides is 1. The number of fused-ring (bicyclic) bond motifs is 1. The van der Waals surface area contributed by atoms with Gasteiger partial charge in [0.25, 0.3) is 5.91 Å². The smallest absolute Gasteiger partial charge is 0.326 e. The lowest BCUT2D eigenvalue weighted by molar-refractivity contribution is -0.143. The normalized spacial score (nSPS) is 12.1. The highest BCUT2D eigenvalue weighted by molar-refractivity contribution is 7.16. The largest absolute Gasteiger partial charge is 0.465 e. The first-order chi connectivity index (χ1) is 10.4. The summed E-state index contributed by atoms with van der Waals surface area (Å²) in [6.07, 6.45) is 0. The average Bonchev–Trinajstić information content (AvgIpc) is 2.75. The van der Waals surface area contributed by atoms with Gasteiger partial charge in [-0.15, -0.1) is 0 Å². The van der Waals surface area contributed by atoms with Gasteiger partial charge >= 0.3 is 5.97 Å². The molecule has 2 rings (SSSR count).